The molecule has 2 heterocycles. The van der Waals surface area contributed by atoms with Crippen LogP contribution in [0.3, 0.4) is 0 Å². The summed E-state index contributed by atoms with van der Waals surface area (Å²) in [6, 6.07) is 0. The van der Waals surface area contributed by atoms with E-state index in [1.54, 1.807) is 0 Å². The molecular weight excluding hydrogens is 237 g/mol. The fourth-order valence-corrected chi connectivity index (χ4v) is 2.65. The van der Waals surface area contributed by atoms with Crippen molar-refractivity contribution in [1.29, 1.82) is 0 Å². The SMILES string of the molecule is [CH2][C@@H]1CCCN(c2nc(C(F)(F)F)cs2)C1. The van der Waals surface area contributed by atoms with Crippen molar-refractivity contribution in [2.75, 3.05) is 18.0 Å². The third kappa shape index (κ3) is 2.48. The lowest BCUT2D eigenvalue weighted by Gasteiger charge is -2.30. The number of halogens is 3. The molecule has 0 bridgehead atoms. The highest BCUT2D eigenvalue weighted by Gasteiger charge is 2.34. The second-order valence-electron chi connectivity index (χ2n) is 3.97. The largest absolute Gasteiger partial charge is 0.434 e. The van der Waals surface area contributed by atoms with Crippen LogP contribution in [0.1, 0.15) is 18.5 Å². The zero-order chi connectivity index (χ0) is 11.8. The number of piperidine rings is 1. The van der Waals surface area contributed by atoms with Gasteiger partial charge in [0.1, 0.15) is 0 Å². The molecule has 89 valence electrons. The zero-order valence-electron chi connectivity index (χ0n) is 8.63. The average Bonchev–Trinajstić information content (AvgIpc) is 2.65. The van der Waals surface area contributed by atoms with Crippen molar-refractivity contribution in [1.82, 2.24) is 4.98 Å². The Labute approximate surface area is 96.1 Å². The van der Waals surface area contributed by atoms with E-state index in [0.717, 1.165) is 36.1 Å². The van der Waals surface area contributed by atoms with Gasteiger partial charge in [-0.15, -0.1) is 11.3 Å². The smallest absolute Gasteiger partial charge is 0.348 e. The maximum atomic E-state index is 12.4. The molecule has 2 nitrogen and oxygen atoms in total. The second-order valence-corrected chi connectivity index (χ2v) is 4.80. The Morgan fingerprint density at radius 3 is 2.81 bits per heavy atom. The lowest BCUT2D eigenvalue weighted by molar-refractivity contribution is -0.140. The van der Waals surface area contributed by atoms with E-state index < -0.39 is 11.9 Å². The Kier molecular flexibility index (Phi) is 3.10. The summed E-state index contributed by atoms with van der Waals surface area (Å²) < 4.78 is 37.1. The predicted octanol–water partition coefficient (Wildman–Crippen LogP) is 3.21. The molecule has 0 aliphatic carbocycles. The first-order chi connectivity index (χ1) is 7.47. The first-order valence-electron chi connectivity index (χ1n) is 5.07. The summed E-state index contributed by atoms with van der Waals surface area (Å²) in [6.45, 7) is 5.42. The van der Waals surface area contributed by atoms with Crippen molar-refractivity contribution in [2.24, 2.45) is 5.92 Å². The van der Waals surface area contributed by atoms with Crippen molar-refractivity contribution >= 4 is 16.5 Å². The Morgan fingerprint density at radius 1 is 1.50 bits per heavy atom. The van der Waals surface area contributed by atoms with Gasteiger partial charge in [0.15, 0.2) is 10.8 Å². The first-order valence-corrected chi connectivity index (χ1v) is 5.95. The molecule has 1 saturated heterocycles. The van der Waals surface area contributed by atoms with Gasteiger partial charge >= 0.3 is 6.18 Å². The average molecular weight is 249 g/mol. The first kappa shape index (κ1) is 11.7. The number of aromatic nitrogens is 1. The lowest BCUT2D eigenvalue weighted by atomic mass is 10.0. The quantitative estimate of drug-likeness (QED) is 0.759. The van der Waals surface area contributed by atoms with Gasteiger partial charge in [0, 0.05) is 18.5 Å². The van der Waals surface area contributed by atoms with Crippen LogP contribution < -0.4 is 4.90 Å². The van der Waals surface area contributed by atoms with Crippen LogP contribution in [0.15, 0.2) is 5.38 Å². The molecule has 0 aromatic carbocycles. The highest BCUT2D eigenvalue weighted by Crippen LogP contribution is 2.34. The third-order valence-corrected chi connectivity index (χ3v) is 3.47. The molecule has 1 fully saturated rings. The predicted molar refractivity (Wildman–Crippen MR) is 57.4 cm³/mol. The molecule has 1 aliphatic heterocycles. The monoisotopic (exact) mass is 249 g/mol. The van der Waals surface area contributed by atoms with Gasteiger partial charge in [0.05, 0.1) is 0 Å². The molecule has 0 N–H and O–H groups in total. The van der Waals surface area contributed by atoms with Crippen LogP contribution in [0.25, 0.3) is 0 Å². The minimum Gasteiger partial charge on any atom is -0.348 e. The Bertz CT molecular complexity index is 361. The number of alkyl halides is 3. The summed E-state index contributed by atoms with van der Waals surface area (Å²) in [7, 11) is 0. The fourth-order valence-electron chi connectivity index (χ4n) is 1.78. The molecule has 1 radical (unpaired) electrons. The normalized spacial score (nSPS) is 22.5. The van der Waals surface area contributed by atoms with E-state index in [2.05, 4.69) is 11.9 Å². The van der Waals surface area contributed by atoms with Gasteiger partial charge < -0.3 is 4.90 Å². The molecule has 16 heavy (non-hydrogen) atoms. The molecule has 0 amide bonds. The van der Waals surface area contributed by atoms with Crippen molar-refractivity contribution in [2.45, 2.75) is 19.0 Å². The number of rotatable bonds is 1. The van der Waals surface area contributed by atoms with Crippen LogP contribution in [0.2, 0.25) is 0 Å². The summed E-state index contributed by atoms with van der Waals surface area (Å²) >= 11 is 1.05. The van der Waals surface area contributed by atoms with E-state index in [0.29, 0.717) is 11.7 Å². The number of thiazole rings is 1. The number of nitrogens with zero attached hydrogens (tertiary/aromatic N) is 2. The van der Waals surface area contributed by atoms with E-state index in [1.807, 2.05) is 4.90 Å². The highest BCUT2D eigenvalue weighted by atomic mass is 32.1. The minimum atomic E-state index is -4.34. The Morgan fingerprint density at radius 2 is 2.25 bits per heavy atom. The number of hydrogen-bond donors (Lipinski definition) is 0. The molecule has 2 rings (SSSR count). The molecular formula is C10H12F3N2S. The van der Waals surface area contributed by atoms with Crippen LogP contribution >= 0.6 is 11.3 Å². The lowest BCUT2D eigenvalue weighted by Crippen LogP contribution is -2.34. The molecule has 1 aliphatic rings. The van der Waals surface area contributed by atoms with E-state index in [4.69, 9.17) is 0 Å². The standard InChI is InChI=1S/C10H12F3N2S/c1-7-3-2-4-15(5-7)9-14-8(6-16-9)10(11,12)13/h6-7H,1-5H2/t7-/m1/s1. The van der Waals surface area contributed by atoms with Crippen LogP contribution in [-0.4, -0.2) is 18.1 Å². The summed E-state index contributed by atoms with van der Waals surface area (Å²) in [4.78, 5) is 5.52. The number of anilines is 1. The maximum absolute atomic E-state index is 12.4. The minimum absolute atomic E-state index is 0.284. The Balaban J connectivity index is 2.12. The summed E-state index contributed by atoms with van der Waals surface area (Å²) in [5.41, 5.74) is -0.793. The molecule has 1 atom stereocenters. The second kappa shape index (κ2) is 4.24. The van der Waals surface area contributed by atoms with E-state index >= 15 is 0 Å². The maximum Gasteiger partial charge on any atom is 0.434 e. The van der Waals surface area contributed by atoms with E-state index in [9.17, 15) is 13.2 Å². The van der Waals surface area contributed by atoms with Crippen LogP contribution in [-0.2, 0) is 6.18 Å². The van der Waals surface area contributed by atoms with Gasteiger partial charge in [-0.3, -0.25) is 0 Å². The summed E-state index contributed by atoms with van der Waals surface area (Å²) in [6.07, 6.45) is -2.34. The van der Waals surface area contributed by atoms with Gasteiger partial charge in [0.25, 0.3) is 0 Å². The van der Waals surface area contributed by atoms with Gasteiger partial charge in [-0.1, -0.05) is 0 Å². The summed E-state index contributed by atoms with van der Waals surface area (Å²) in [5, 5.41) is 1.53. The molecule has 1 aromatic rings. The van der Waals surface area contributed by atoms with Gasteiger partial charge in [-0.25, -0.2) is 4.98 Å². The van der Waals surface area contributed by atoms with Gasteiger partial charge in [-0.05, 0) is 25.7 Å². The van der Waals surface area contributed by atoms with E-state index in [1.165, 1.54) is 0 Å². The fraction of sp³-hybridized carbons (Fsp3) is 0.600. The highest BCUT2D eigenvalue weighted by molar-refractivity contribution is 7.13. The zero-order valence-corrected chi connectivity index (χ0v) is 9.44. The molecule has 0 unspecified atom stereocenters. The van der Waals surface area contributed by atoms with Crippen LogP contribution in [0.5, 0.6) is 0 Å². The topological polar surface area (TPSA) is 16.1 Å². The van der Waals surface area contributed by atoms with Crippen LogP contribution in [0, 0.1) is 12.8 Å². The number of hydrogen-bond acceptors (Lipinski definition) is 3. The van der Waals surface area contributed by atoms with Crippen molar-refractivity contribution in [3.8, 4) is 0 Å². The van der Waals surface area contributed by atoms with E-state index in [-0.39, 0.29) is 5.92 Å². The molecule has 0 saturated carbocycles. The summed E-state index contributed by atoms with van der Waals surface area (Å²) in [5.74, 6) is 0.284. The van der Waals surface area contributed by atoms with Crippen molar-refractivity contribution < 1.29 is 13.2 Å². The van der Waals surface area contributed by atoms with Crippen molar-refractivity contribution in [3.05, 3.63) is 18.0 Å². The van der Waals surface area contributed by atoms with Gasteiger partial charge in [-0.2, -0.15) is 13.2 Å². The third-order valence-electron chi connectivity index (χ3n) is 2.57. The molecule has 6 heteroatoms. The molecule has 1 aromatic heterocycles. The van der Waals surface area contributed by atoms with Crippen molar-refractivity contribution in [3.63, 3.8) is 0 Å². The van der Waals surface area contributed by atoms with Crippen LogP contribution in [0.4, 0.5) is 18.3 Å². The Hall–Kier alpha value is -0.780. The molecule has 0 spiro atoms. The van der Waals surface area contributed by atoms with Gasteiger partial charge in [0.2, 0.25) is 0 Å².